The maximum atomic E-state index is 3.54. The summed E-state index contributed by atoms with van der Waals surface area (Å²) in [6.45, 7) is 2.40. The van der Waals surface area contributed by atoms with Gasteiger partial charge in [0.05, 0.1) is 0 Å². The van der Waals surface area contributed by atoms with Crippen molar-refractivity contribution in [2.75, 3.05) is 13.1 Å². The van der Waals surface area contributed by atoms with E-state index in [1.807, 2.05) is 11.3 Å². The molecule has 1 aromatic rings. The predicted octanol–water partition coefficient (Wildman–Crippen LogP) is 2.27. The number of nitrogens with one attached hydrogen (secondary N) is 1. The highest BCUT2D eigenvalue weighted by molar-refractivity contribution is 9.10. The quantitative estimate of drug-likeness (QED) is 0.824. The summed E-state index contributed by atoms with van der Waals surface area (Å²) >= 11 is 5.39. The Morgan fingerprint density at radius 2 is 2.45 bits per heavy atom. The minimum Gasteiger partial charge on any atom is -0.316 e. The van der Waals surface area contributed by atoms with Crippen molar-refractivity contribution in [3.05, 3.63) is 20.8 Å². The SMILES string of the molecule is Brc1ccsc1CC1CNC1. The van der Waals surface area contributed by atoms with Gasteiger partial charge in [0, 0.05) is 9.35 Å². The van der Waals surface area contributed by atoms with Crippen LogP contribution in [0.5, 0.6) is 0 Å². The van der Waals surface area contributed by atoms with Crippen LogP contribution in [0.25, 0.3) is 0 Å². The third-order valence-electron chi connectivity index (χ3n) is 2.03. The highest BCUT2D eigenvalue weighted by atomic mass is 79.9. The van der Waals surface area contributed by atoms with Crippen molar-refractivity contribution in [1.29, 1.82) is 0 Å². The van der Waals surface area contributed by atoms with E-state index in [2.05, 4.69) is 32.7 Å². The summed E-state index contributed by atoms with van der Waals surface area (Å²) in [5, 5.41) is 5.43. The largest absolute Gasteiger partial charge is 0.316 e. The van der Waals surface area contributed by atoms with Crippen molar-refractivity contribution in [1.82, 2.24) is 5.32 Å². The first-order valence-corrected chi connectivity index (χ1v) is 5.46. The molecule has 0 radical (unpaired) electrons. The molecule has 1 N–H and O–H groups in total. The molecule has 3 heteroatoms. The van der Waals surface area contributed by atoms with Gasteiger partial charge < -0.3 is 5.32 Å². The van der Waals surface area contributed by atoms with Crippen LogP contribution in [0, 0.1) is 5.92 Å². The van der Waals surface area contributed by atoms with Crippen LogP contribution in [0.3, 0.4) is 0 Å². The smallest absolute Gasteiger partial charge is 0.0314 e. The fourth-order valence-corrected chi connectivity index (χ4v) is 2.86. The number of hydrogen-bond donors (Lipinski definition) is 1. The molecule has 2 rings (SSSR count). The fraction of sp³-hybridized carbons (Fsp3) is 0.500. The molecule has 2 heterocycles. The second-order valence-electron chi connectivity index (χ2n) is 2.92. The molecule has 0 atom stereocenters. The monoisotopic (exact) mass is 231 g/mol. The molecule has 1 nitrogen and oxygen atoms in total. The summed E-state index contributed by atoms with van der Waals surface area (Å²) in [5.41, 5.74) is 0. The third kappa shape index (κ3) is 1.66. The van der Waals surface area contributed by atoms with Crippen LogP contribution in [0.1, 0.15) is 4.88 Å². The molecular formula is C8H10BrNS. The Morgan fingerprint density at radius 3 is 2.91 bits per heavy atom. The van der Waals surface area contributed by atoms with E-state index in [1.54, 1.807) is 0 Å². The van der Waals surface area contributed by atoms with Crippen LogP contribution in [0.15, 0.2) is 15.9 Å². The zero-order chi connectivity index (χ0) is 7.68. The molecule has 1 saturated heterocycles. The van der Waals surface area contributed by atoms with Crippen LogP contribution < -0.4 is 5.32 Å². The highest BCUT2D eigenvalue weighted by Crippen LogP contribution is 2.26. The van der Waals surface area contributed by atoms with E-state index < -0.39 is 0 Å². The molecule has 1 aliphatic heterocycles. The van der Waals surface area contributed by atoms with E-state index in [4.69, 9.17) is 0 Å². The molecule has 1 aromatic heterocycles. The molecule has 0 spiro atoms. The van der Waals surface area contributed by atoms with Crippen LogP contribution in [-0.2, 0) is 6.42 Å². The van der Waals surface area contributed by atoms with Gasteiger partial charge in [-0.2, -0.15) is 0 Å². The lowest BCUT2D eigenvalue weighted by Crippen LogP contribution is -2.42. The van der Waals surface area contributed by atoms with Gasteiger partial charge in [-0.25, -0.2) is 0 Å². The van der Waals surface area contributed by atoms with Crippen LogP contribution >= 0.6 is 27.3 Å². The summed E-state index contributed by atoms with van der Waals surface area (Å²) < 4.78 is 1.29. The van der Waals surface area contributed by atoms with E-state index in [1.165, 1.54) is 28.9 Å². The molecule has 0 saturated carbocycles. The van der Waals surface area contributed by atoms with Crippen molar-refractivity contribution in [2.45, 2.75) is 6.42 Å². The maximum absolute atomic E-state index is 3.54. The first-order chi connectivity index (χ1) is 5.36. The van der Waals surface area contributed by atoms with Crippen LogP contribution in [0.2, 0.25) is 0 Å². The average molecular weight is 232 g/mol. The normalized spacial score (nSPS) is 18.3. The summed E-state index contributed by atoms with van der Waals surface area (Å²) in [4.78, 5) is 1.50. The Bertz CT molecular complexity index is 242. The van der Waals surface area contributed by atoms with E-state index in [9.17, 15) is 0 Å². The first kappa shape index (κ1) is 7.77. The standard InChI is InChI=1S/C8H10BrNS/c9-7-1-2-11-8(7)3-6-4-10-5-6/h1-2,6,10H,3-5H2. The molecule has 0 aromatic carbocycles. The zero-order valence-electron chi connectivity index (χ0n) is 6.14. The lowest BCUT2D eigenvalue weighted by Gasteiger charge is -2.26. The number of rotatable bonds is 2. The van der Waals surface area contributed by atoms with Gasteiger partial charge in [0.2, 0.25) is 0 Å². The zero-order valence-corrected chi connectivity index (χ0v) is 8.54. The minimum absolute atomic E-state index is 0.880. The summed E-state index contributed by atoms with van der Waals surface area (Å²) in [6.07, 6.45) is 1.24. The summed E-state index contributed by atoms with van der Waals surface area (Å²) in [5.74, 6) is 0.880. The van der Waals surface area contributed by atoms with Gasteiger partial charge in [-0.15, -0.1) is 11.3 Å². The topological polar surface area (TPSA) is 12.0 Å². The van der Waals surface area contributed by atoms with E-state index >= 15 is 0 Å². The fourth-order valence-electron chi connectivity index (χ4n) is 1.23. The molecule has 0 aliphatic carbocycles. The van der Waals surface area contributed by atoms with Gasteiger partial charge in [0.1, 0.15) is 0 Å². The summed E-state index contributed by atoms with van der Waals surface area (Å²) in [6, 6.07) is 2.13. The van der Waals surface area contributed by atoms with Crippen molar-refractivity contribution in [2.24, 2.45) is 5.92 Å². The Hall–Kier alpha value is 0.140. The second kappa shape index (κ2) is 3.25. The molecule has 0 bridgehead atoms. The van der Waals surface area contributed by atoms with E-state index in [-0.39, 0.29) is 0 Å². The third-order valence-corrected chi connectivity index (χ3v) is 3.98. The Kier molecular flexibility index (Phi) is 2.30. The number of hydrogen-bond acceptors (Lipinski definition) is 2. The van der Waals surface area contributed by atoms with Crippen molar-refractivity contribution < 1.29 is 0 Å². The maximum Gasteiger partial charge on any atom is 0.0314 e. The molecule has 0 amide bonds. The van der Waals surface area contributed by atoms with Gasteiger partial charge in [0.25, 0.3) is 0 Å². The molecule has 11 heavy (non-hydrogen) atoms. The molecule has 60 valence electrons. The van der Waals surface area contributed by atoms with Gasteiger partial charge in [0.15, 0.2) is 0 Å². The van der Waals surface area contributed by atoms with Crippen molar-refractivity contribution in [3.8, 4) is 0 Å². The summed E-state index contributed by atoms with van der Waals surface area (Å²) in [7, 11) is 0. The lowest BCUT2D eigenvalue weighted by atomic mass is 9.99. The predicted molar refractivity (Wildman–Crippen MR) is 52.1 cm³/mol. The Labute approximate surface area is 78.9 Å². The number of halogens is 1. The van der Waals surface area contributed by atoms with Crippen LogP contribution in [0.4, 0.5) is 0 Å². The molecule has 0 unspecified atom stereocenters. The minimum atomic E-state index is 0.880. The molecular weight excluding hydrogens is 222 g/mol. The van der Waals surface area contributed by atoms with E-state index in [0.29, 0.717) is 0 Å². The van der Waals surface area contributed by atoms with Crippen molar-refractivity contribution in [3.63, 3.8) is 0 Å². The van der Waals surface area contributed by atoms with Crippen molar-refractivity contribution >= 4 is 27.3 Å². The van der Waals surface area contributed by atoms with Gasteiger partial charge in [-0.3, -0.25) is 0 Å². The van der Waals surface area contributed by atoms with Gasteiger partial charge >= 0.3 is 0 Å². The second-order valence-corrected chi connectivity index (χ2v) is 4.78. The van der Waals surface area contributed by atoms with Gasteiger partial charge in [-0.1, -0.05) is 0 Å². The van der Waals surface area contributed by atoms with Crippen LogP contribution in [-0.4, -0.2) is 13.1 Å². The van der Waals surface area contributed by atoms with Gasteiger partial charge in [-0.05, 0) is 52.8 Å². The lowest BCUT2D eigenvalue weighted by molar-refractivity contribution is 0.348. The first-order valence-electron chi connectivity index (χ1n) is 3.79. The Morgan fingerprint density at radius 1 is 1.64 bits per heavy atom. The Balaban J connectivity index is 1.99. The molecule has 1 aliphatic rings. The molecule has 1 fully saturated rings. The average Bonchev–Trinajstić information content (AvgIpc) is 2.27. The van der Waals surface area contributed by atoms with E-state index in [0.717, 1.165) is 5.92 Å². The highest BCUT2D eigenvalue weighted by Gasteiger charge is 2.18. The number of thiophene rings is 1.